The smallest absolute Gasteiger partial charge is 0.256 e. The normalized spacial score (nSPS) is 22.4. The molecule has 9 rings (SSSR count). The van der Waals surface area contributed by atoms with Crippen LogP contribution in [0, 0.1) is 11.8 Å². The van der Waals surface area contributed by atoms with Crippen molar-refractivity contribution >= 4 is 46.6 Å². The third-order valence-corrected chi connectivity index (χ3v) is 14.6. The maximum Gasteiger partial charge on any atom is 0.256 e. The number of carbonyl (C=O) groups excluding carboxylic acids is 3. The van der Waals surface area contributed by atoms with Gasteiger partial charge in [0.2, 0.25) is 17.8 Å². The van der Waals surface area contributed by atoms with Crippen molar-refractivity contribution in [1.82, 2.24) is 45.5 Å². The Balaban J connectivity index is 0.634. The maximum absolute atomic E-state index is 13.0. The predicted molar refractivity (Wildman–Crippen MR) is 235 cm³/mol. The minimum Gasteiger partial charge on any atom is -0.488 e. The van der Waals surface area contributed by atoms with Crippen LogP contribution in [-0.4, -0.2) is 98.1 Å². The molecule has 16 heteroatoms. The molecular weight excluding hydrogens is 812 g/mol. The molecule has 0 unspecified atom stereocenters. The van der Waals surface area contributed by atoms with Crippen LogP contribution in [-0.2, 0) is 42.8 Å². The molecule has 3 amide bonds. The number of fused-ring (bicyclic) bond motifs is 1. The molecule has 324 valence electrons. The number of hydrogen-bond donors (Lipinski definition) is 4. The fourth-order valence-corrected chi connectivity index (χ4v) is 10.5. The quantitative estimate of drug-likeness (QED) is 0.0763. The number of anilines is 1. The Morgan fingerprint density at radius 1 is 0.934 bits per heavy atom. The van der Waals surface area contributed by atoms with Gasteiger partial charge in [-0.3, -0.25) is 24.4 Å². The van der Waals surface area contributed by atoms with E-state index >= 15 is 0 Å². The summed E-state index contributed by atoms with van der Waals surface area (Å²) in [6, 6.07) is 8.49. The monoisotopic (exact) mass is 868 g/mol. The highest BCUT2D eigenvalue weighted by Gasteiger charge is 2.40. The highest BCUT2D eigenvalue weighted by molar-refractivity contribution is 7.10. The van der Waals surface area contributed by atoms with Crippen LogP contribution in [0.3, 0.4) is 0 Å². The first-order chi connectivity index (χ1) is 29.7. The molecule has 61 heavy (non-hydrogen) atoms. The largest absolute Gasteiger partial charge is 0.488 e. The molecule has 6 heterocycles. The second-order valence-electron chi connectivity index (χ2n) is 17.6. The summed E-state index contributed by atoms with van der Waals surface area (Å²) >= 11 is 8.12. The summed E-state index contributed by atoms with van der Waals surface area (Å²) in [6.07, 6.45) is 14.8. The van der Waals surface area contributed by atoms with Crippen molar-refractivity contribution in [2.24, 2.45) is 18.9 Å². The summed E-state index contributed by atoms with van der Waals surface area (Å²) in [5.74, 6) is 2.08. The van der Waals surface area contributed by atoms with Gasteiger partial charge in [0.25, 0.3) is 5.91 Å². The molecule has 2 saturated heterocycles. The van der Waals surface area contributed by atoms with Crippen molar-refractivity contribution in [2.75, 3.05) is 38.0 Å². The lowest BCUT2D eigenvalue weighted by molar-refractivity contribution is -0.136. The van der Waals surface area contributed by atoms with E-state index in [0.717, 1.165) is 111 Å². The number of nitrogens with zero attached hydrogens (tertiary/aromatic N) is 6. The Morgan fingerprint density at radius 3 is 2.49 bits per heavy atom. The van der Waals surface area contributed by atoms with E-state index < -0.39 is 11.9 Å². The predicted octanol–water partition coefficient (Wildman–Crippen LogP) is 5.70. The fraction of sp³-hybridized carbons (Fsp3) is 0.556. The number of imide groups is 1. The van der Waals surface area contributed by atoms with Crippen LogP contribution >= 0.6 is 22.9 Å². The highest BCUT2D eigenvalue weighted by atomic mass is 35.5. The number of piperidine rings is 2. The number of aryl methyl sites for hydroxylation is 1. The van der Waals surface area contributed by atoms with Crippen molar-refractivity contribution < 1.29 is 19.1 Å². The Kier molecular flexibility index (Phi) is 13.0. The number of hydrogen-bond acceptors (Lipinski definition) is 12. The lowest BCUT2D eigenvalue weighted by atomic mass is 9.90. The molecule has 2 saturated carbocycles. The number of likely N-dealkylation sites (tertiary alicyclic amines) is 1. The number of benzene rings is 1. The van der Waals surface area contributed by atoms with Crippen LogP contribution in [0.4, 0.5) is 5.95 Å². The van der Waals surface area contributed by atoms with E-state index in [1.165, 1.54) is 48.3 Å². The van der Waals surface area contributed by atoms with Gasteiger partial charge in [-0.25, -0.2) is 9.97 Å². The third-order valence-electron chi connectivity index (χ3n) is 13.3. The lowest BCUT2D eigenvalue weighted by Gasteiger charge is -2.34. The van der Waals surface area contributed by atoms with Crippen LogP contribution in [0.1, 0.15) is 96.3 Å². The van der Waals surface area contributed by atoms with Gasteiger partial charge >= 0.3 is 0 Å². The molecule has 0 spiro atoms. The number of thiophene rings is 1. The Labute approximate surface area is 366 Å². The van der Waals surface area contributed by atoms with Crippen LogP contribution in [0.5, 0.6) is 5.75 Å². The van der Waals surface area contributed by atoms with E-state index in [0.29, 0.717) is 48.2 Å². The number of amides is 3. The van der Waals surface area contributed by atoms with E-state index in [4.69, 9.17) is 21.3 Å². The average molecular weight is 870 g/mol. The second kappa shape index (κ2) is 18.9. The first kappa shape index (κ1) is 41.9. The number of nitrogens with one attached hydrogen (secondary N) is 4. The van der Waals surface area contributed by atoms with Gasteiger partial charge in [0.1, 0.15) is 18.4 Å². The van der Waals surface area contributed by atoms with E-state index in [2.05, 4.69) is 48.4 Å². The summed E-state index contributed by atoms with van der Waals surface area (Å²) in [6.45, 7) is 6.93. The molecule has 2 aliphatic carbocycles. The van der Waals surface area contributed by atoms with Crippen molar-refractivity contribution in [3.05, 3.63) is 74.3 Å². The second-order valence-corrected chi connectivity index (χ2v) is 19.0. The molecule has 14 nitrogen and oxygen atoms in total. The van der Waals surface area contributed by atoms with Crippen molar-refractivity contribution in [3.8, 4) is 17.0 Å². The summed E-state index contributed by atoms with van der Waals surface area (Å²) < 4.78 is 8.08. The molecule has 1 aromatic carbocycles. The molecule has 1 atom stereocenters. The van der Waals surface area contributed by atoms with Crippen LogP contribution in [0.2, 0.25) is 5.02 Å². The zero-order chi connectivity index (χ0) is 41.9. The highest BCUT2D eigenvalue weighted by Crippen LogP contribution is 2.38. The van der Waals surface area contributed by atoms with E-state index in [9.17, 15) is 14.4 Å². The molecule has 4 fully saturated rings. The van der Waals surface area contributed by atoms with Crippen molar-refractivity contribution in [1.29, 1.82) is 0 Å². The molecular formula is C45H57ClN10O4S. The van der Waals surface area contributed by atoms with E-state index in [1.54, 1.807) is 11.1 Å². The average Bonchev–Trinajstić information content (AvgIpc) is 3.77. The summed E-state index contributed by atoms with van der Waals surface area (Å²) in [7, 11) is 2.00. The minimum atomic E-state index is -0.610. The van der Waals surface area contributed by atoms with Gasteiger partial charge in [0.15, 0.2) is 0 Å². The summed E-state index contributed by atoms with van der Waals surface area (Å²) in [4.78, 5) is 51.6. The Hall–Kier alpha value is -4.41. The van der Waals surface area contributed by atoms with E-state index in [1.807, 2.05) is 35.4 Å². The fourth-order valence-electron chi connectivity index (χ4n) is 9.34. The van der Waals surface area contributed by atoms with Crippen LogP contribution in [0.15, 0.2) is 42.0 Å². The third kappa shape index (κ3) is 10.1. The van der Waals surface area contributed by atoms with Crippen LogP contribution in [0.25, 0.3) is 11.3 Å². The SMILES string of the molecule is Cn1ncc(-c2nc(N[C@H]3CC[C@H](NCC4CCN(CCNCc5ccc(OCc6scc7c6CN([C@H]6CCC(=O)NC6=O)C7=O)cc5)CC4)CC3)ncc2Cl)c1CC1CC1. The molecule has 0 bridgehead atoms. The summed E-state index contributed by atoms with van der Waals surface area (Å²) in [5.41, 5.74) is 5.76. The van der Waals surface area contributed by atoms with Gasteiger partial charge in [-0.1, -0.05) is 23.7 Å². The van der Waals surface area contributed by atoms with Crippen LogP contribution < -0.4 is 26.0 Å². The standard InChI is InChI=1S/C45H57ClN10O4S/c1-54-39(20-28-2-3-28)34(23-50-54)42-37(46)24-49-45(53-42)51-32-8-6-31(7-9-32)48-22-30-14-17-55(18-15-30)19-16-47-21-29-4-10-33(11-5-29)60-26-40-35-25-56(44(59)36(35)27-61-40)38-12-13-41(57)52-43(38)58/h4-5,10-11,23-24,27-28,30-32,38,47-48H,2-3,6-9,12-22,25-26H2,1H3,(H,49,51,53)(H,52,57,58)/t31-,32-,38-/m0/s1. The van der Waals surface area contributed by atoms with E-state index in [-0.39, 0.29) is 18.2 Å². The number of aromatic nitrogens is 4. The molecule has 0 radical (unpaired) electrons. The molecule has 4 N–H and O–H groups in total. The Bertz CT molecular complexity index is 2190. The molecule has 5 aliphatic rings. The van der Waals surface area contributed by atoms with Crippen molar-refractivity contribution in [2.45, 2.75) is 108 Å². The maximum atomic E-state index is 13.0. The lowest BCUT2D eigenvalue weighted by Crippen LogP contribution is -2.52. The number of carbonyl (C=O) groups is 3. The number of halogens is 1. The first-order valence-corrected chi connectivity index (χ1v) is 23.4. The first-order valence-electron chi connectivity index (χ1n) is 22.2. The molecule has 3 aromatic heterocycles. The van der Waals surface area contributed by atoms with Gasteiger partial charge < -0.3 is 30.5 Å². The van der Waals surface area contributed by atoms with Gasteiger partial charge in [0.05, 0.1) is 28.7 Å². The zero-order valence-electron chi connectivity index (χ0n) is 35.0. The molecule has 3 aliphatic heterocycles. The number of rotatable bonds is 17. The summed E-state index contributed by atoms with van der Waals surface area (Å²) in [5, 5.41) is 20.4. The molecule has 4 aromatic rings. The zero-order valence-corrected chi connectivity index (χ0v) is 36.5. The van der Waals surface area contributed by atoms with Crippen molar-refractivity contribution in [3.63, 3.8) is 0 Å². The Morgan fingerprint density at radius 2 is 1.72 bits per heavy atom. The van der Waals surface area contributed by atoms with Gasteiger partial charge in [-0.2, -0.15) is 5.10 Å². The minimum absolute atomic E-state index is 0.153. The number of ether oxygens (including phenoxy) is 1. The topological polar surface area (TPSA) is 159 Å². The van der Waals surface area contributed by atoms with Gasteiger partial charge in [-0.05, 0) is 113 Å². The van der Waals surface area contributed by atoms with Gasteiger partial charge in [-0.15, -0.1) is 11.3 Å². The van der Waals surface area contributed by atoms with Gasteiger partial charge in [0, 0.05) is 78.8 Å².